The second kappa shape index (κ2) is 7.08. The van der Waals surface area contributed by atoms with E-state index in [-0.39, 0.29) is 18.2 Å². The monoisotopic (exact) mass is 271 g/mol. The Morgan fingerprint density at radius 3 is 2.74 bits per heavy atom. The summed E-state index contributed by atoms with van der Waals surface area (Å²) in [4.78, 5) is 37.2. The summed E-state index contributed by atoms with van der Waals surface area (Å²) in [5.74, 6) is -1.19. The van der Waals surface area contributed by atoms with E-state index in [4.69, 9.17) is 5.11 Å². The molecule has 7 nitrogen and oxygen atoms in total. The minimum absolute atomic E-state index is 0.0382. The van der Waals surface area contributed by atoms with Crippen LogP contribution < -0.4 is 5.32 Å². The number of nitrogens with one attached hydrogen (secondary N) is 1. The van der Waals surface area contributed by atoms with E-state index in [0.717, 1.165) is 0 Å². The van der Waals surface area contributed by atoms with E-state index in [2.05, 4.69) is 5.32 Å². The molecule has 0 aromatic carbocycles. The van der Waals surface area contributed by atoms with Gasteiger partial charge in [-0.15, -0.1) is 0 Å². The van der Waals surface area contributed by atoms with Crippen LogP contribution in [0.3, 0.4) is 0 Å². The van der Waals surface area contributed by atoms with Crippen molar-refractivity contribution in [3.05, 3.63) is 0 Å². The number of hydrogen-bond acceptors (Lipinski definition) is 4. The molecule has 1 heterocycles. The molecule has 108 valence electrons. The first-order chi connectivity index (χ1) is 8.91. The Hall–Kier alpha value is -1.63. The molecule has 0 aliphatic carbocycles. The number of amides is 2. The topological polar surface area (TPSA) is 90.0 Å². The van der Waals surface area contributed by atoms with Crippen molar-refractivity contribution >= 4 is 17.8 Å². The quantitative estimate of drug-likeness (QED) is 0.655. The summed E-state index contributed by atoms with van der Waals surface area (Å²) in [6.07, 6.45) is 0.832. The number of carboxylic acid groups (broad SMARTS) is 1. The van der Waals surface area contributed by atoms with E-state index < -0.39 is 12.0 Å². The third-order valence-electron chi connectivity index (χ3n) is 3.14. The summed E-state index contributed by atoms with van der Waals surface area (Å²) in [6.45, 7) is 1.71. The van der Waals surface area contributed by atoms with E-state index in [0.29, 0.717) is 32.5 Å². The Bertz CT molecular complexity index is 357. The Labute approximate surface area is 112 Å². The lowest BCUT2D eigenvalue weighted by Crippen LogP contribution is -2.56. The molecule has 1 rings (SSSR count). The van der Waals surface area contributed by atoms with Gasteiger partial charge < -0.3 is 15.3 Å². The van der Waals surface area contributed by atoms with Gasteiger partial charge in [0.25, 0.3) is 0 Å². The zero-order valence-electron chi connectivity index (χ0n) is 11.4. The Kier molecular flexibility index (Phi) is 5.75. The van der Waals surface area contributed by atoms with E-state index >= 15 is 0 Å². The molecule has 1 atom stereocenters. The second-order valence-electron chi connectivity index (χ2n) is 4.83. The highest BCUT2D eigenvalue weighted by atomic mass is 16.4. The van der Waals surface area contributed by atoms with Gasteiger partial charge in [-0.1, -0.05) is 0 Å². The van der Waals surface area contributed by atoms with Crippen LogP contribution in [0.4, 0.5) is 0 Å². The summed E-state index contributed by atoms with van der Waals surface area (Å²) >= 11 is 0. The van der Waals surface area contributed by atoms with Crippen molar-refractivity contribution in [2.24, 2.45) is 0 Å². The number of aliphatic carboxylic acids is 1. The predicted octanol–water partition coefficient (Wildman–Crippen LogP) is -0.870. The highest BCUT2D eigenvalue weighted by molar-refractivity contribution is 5.86. The van der Waals surface area contributed by atoms with Crippen molar-refractivity contribution < 1.29 is 19.5 Å². The zero-order valence-corrected chi connectivity index (χ0v) is 11.4. The number of carbonyl (C=O) groups excluding carboxylic acids is 2. The van der Waals surface area contributed by atoms with E-state index in [1.165, 1.54) is 4.90 Å². The molecule has 0 spiro atoms. The molecule has 19 heavy (non-hydrogen) atoms. The first-order valence-corrected chi connectivity index (χ1v) is 6.35. The van der Waals surface area contributed by atoms with Gasteiger partial charge in [0.15, 0.2) is 0 Å². The molecular formula is C12H21N3O4. The van der Waals surface area contributed by atoms with Crippen LogP contribution in [0.2, 0.25) is 0 Å². The van der Waals surface area contributed by atoms with Gasteiger partial charge in [0.05, 0.1) is 12.5 Å². The molecule has 1 aliphatic rings. The number of nitrogens with zero attached hydrogens (tertiary/aromatic N) is 2. The van der Waals surface area contributed by atoms with Crippen LogP contribution >= 0.6 is 0 Å². The Balaban J connectivity index is 2.46. The highest BCUT2D eigenvalue weighted by Crippen LogP contribution is 2.10. The van der Waals surface area contributed by atoms with Gasteiger partial charge >= 0.3 is 5.97 Å². The van der Waals surface area contributed by atoms with Crippen molar-refractivity contribution in [2.75, 3.05) is 33.7 Å². The fourth-order valence-electron chi connectivity index (χ4n) is 2.07. The second-order valence-corrected chi connectivity index (χ2v) is 4.83. The SMILES string of the molecule is CN(C)C(=O)CCCN1CCNC(=O)C1CC(=O)O. The van der Waals surface area contributed by atoms with Gasteiger partial charge in [-0.25, -0.2) is 0 Å². The number of piperazine rings is 1. The van der Waals surface area contributed by atoms with Crippen molar-refractivity contribution in [3.8, 4) is 0 Å². The van der Waals surface area contributed by atoms with Gasteiger partial charge in [0, 0.05) is 33.6 Å². The van der Waals surface area contributed by atoms with E-state index in [1.807, 2.05) is 4.90 Å². The van der Waals surface area contributed by atoms with Crippen molar-refractivity contribution in [2.45, 2.75) is 25.3 Å². The fourth-order valence-corrected chi connectivity index (χ4v) is 2.07. The largest absolute Gasteiger partial charge is 0.481 e. The molecule has 2 amide bonds. The average Bonchev–Trinajstić information content (AvgIpc) is 2.32. The minimum Gasteiger partial charge on any atom is -0.481 e. The molecule has 1 aliphatic heterocycles. The molecular weight excluding hydrogens is 250 g/mol. The molecule has 1 saturated heterocycles. The van der Waals surface area contributed by atoms with Crippen LogP contribution in [0, 0.1) is 0 Å². The van der Waals surface area contributed by atoms with Crippen LogP contribution in [-0.4, -0.2) is 72.5 Å². The van der Waals surface area contributed by atoms with Crippen LogP contribution in [0.25, 0.3) is 0 Å². The maximum Gasteiger partial charge on any atom is 0.305 e. The van der Waals surface area contributed by atoms with Crippen molar-refractivity contribution in [1.29, 1.82) is 0 Å². The number of rotatable bonds is 6. The lowest BCUT2D eigenvalue weighted by molar-refractivity contribution is -0.143. The van der Waals surface area contributed by atoms with Gasteiger partial charge in [-0.2, -0.15) is 0 Å². The maximum absolute atomic E-state index is 11.7. The lowest BCUT2D eigenvalue weighted by atomic mass is 10.1. The summed E-state index contributed by atoms with van der Waals surface area (Å²) < 4.78 is 0. The summed E-state index contributed by atoms with van der Waals surface area (Å²) in [5, 5.41) is 11.5. The van der Waals surface area contributed by atoms with Crippen LogP contribution in [0.5, 0.6) is 0 Å². The lowest BCUT2D eigenvalue weighted by Gasteiger charge is -2.34. The molecule has 0 saturated carbocycles. The highest BCUT2D eigenvalue weighted by Gasteiger charge is 2.31. The normalized spacial score (nSPS) is 19.9. The molecule has 0 aromatic heterocycles. The molecule has 0 bridgehead atoms. The number of hydrogen-bond donors (Lipinski definition) is 2. The van der Waals surface area contributed by atoms with E-state index in [1.54, 1.807) is 14.1 Å². The predicted molar refractivity (Wildman–Crippen MR) is 68.6 cm³/mol. The van der Waals surface area contributed by atoms with Gasteiger partial charge in [0.1, 0.15) is 0 Å². The zero-order chi connectivity index (χ0) is 14.4. The van der Waals surface area contributed by atoms with E-state index in [9.17, 15) is 14.4 Å². The maximum atomic E-state index is 11.7. The number of carbonyl (C=O) groups is 3. The average molecular weight is 271 g/mol. The molecule has 7 heteroatoms. The van der Waals surface area contributed by atoms with Crippen molar-refractivity contribution in [3.63, 3.8) is 0 Å². The summed E-state index contributed by atoms with van der Waals surface area (Å²) in [7, 11) is 3.40. The van der Waals surface area contributed by atoms with Crippen LogP contribution in [0.15, 0.2) is 0 Å². The summed E-state index contributed by atoms with van der Waals surface area (Å²) in [5.41, 5.74) is 0. The molecule has 1 unspecified atom stereocenters. The first kappa shape index (κ1) is 15.4. The van der Waals surface area contributed by atoms with Crippen LogP contribution in [0.1, 0.15) is 19.3 Å². The molecule has 0 aromatic rings. The van der Waals surface area contributed by atoms with Crippen LogP contribution in [-0.2, 0) is 14.4 Å². The van der Waals surface area contributed by atoms with Gasteiger partial charge in [-0.05, 0) is 13.0 Å². The smallest absolute Gasteiger partial charge is 0.305 e. The molecule has 1 fully saturated rings. The first-order valence-electron chi connectivity index (χ1n) is 6.35. The summed E-state index contributed by atoms with van der Waals surface area (Å²) in [6, 6.07) is -0.624. The third kappa shape index (κ3) is 4.86. The Morgan fingerprint density at radius 2 is 2.16 bits per heavy atom. The Morgan fingerprint density at radius 1 is 1.47 bits per heavy atom. The number of carboxylic acids is 1. The molecule has 2 N–H and O–H groups in total. The molecule has 0 radical (unpaired) electrons. The fraction of sp³-hybridized carbons (Fsp3) is 0.750. The standard InChI is InChI=1S/C12H21N3O4/c1-14(2)10(16)4-3-6-15-7-5-13-12(19)9(15)8-11(17)18/h9H,3-8H2,1-2H3,(H,13,19)(H,17,18). The van der Waals surface area contributed by atoms with Gasteiger partial charge in [0.2, 0.25) is 11.8 Å². The van der Waals surface area contributed by atoms with Gasteiger partial charge in [-0.3, -0.25) is 19.3 Å². The minimum atomic E-state index is -0.989. The van der Waals surface area contributed by atoms with Crippen molar-refractivity contribution in [1.82, 2.24) is 15.1 Å². The third-order valence-corrected chi connectivity index (χ3v) is 3.14.